The number of hydrogen-bond donors (Lipinski definition) is 1. The molecule has 1 aromatic heterocycles. The van der Waals surface area contributed by atoms with Crippen molar-refractivity contribution in [2.45, 2.75) is 32.4 Å². The molecule has 2 N–H and O–H groups in total. The van der Waals surface area contributed by atoms with Gasteiger partial charge in [-0.3, -0.25) is 0 Å². The van der Waals surface area contributed by atoms with Gasteiger partial charge in [0.25, 0.3) is 0 Å². The molecule has 1 aromatic carbocycles. The maximum Gasteiger partial charge on any atom is 0.127 e. The molecule has 100 valence electrons. The van der Waals surface area contributed by atoms with Crippen LogP contribution in [0.5, 0.6) is 5.75 Å². The number of hydrogen-bond acceptors (Lipinski definition) is 3. The molecule has 2 heterocycles. The molecule has 0 fully saturated rings. The molecular weight excluding hydrogens is 322 g/mol. The fourth-order valence-electron chi connectivity index (χ4n) is 2.64. The molecule has 19 heavy (non-hydrogen) atoms. The van der Waals surface area contributed by atoms with E-state index in [1.165, 1.54) is 15.3 Å². The van der Waals surface area contributed by atoms with Crippen LogP contribution in [0.15, 0.2) is 28.7 Å². The molecule has 1 aliphatic heterocycles. The first kappa shape index (κ1) is 13.2. The van der Waals surface area contributed by atoms with Gasteiger partial charge in [-0.05, 0) is 32.0 Å². The maximum atomic E-state index is 6.29. The summed E-state index contributed by atoms with van der Waals surface area (Å²) >= 11 is 5.30. The van der Waals surface area contributed by atoms with E-state index in [-0.39, 0.29) is 12.1 Å². The van der Waals surface area contributed by atoms with Crippen LogP contribution in [0, 0.1) is 13.8 Å². The quantitative estimate of drug-likeness (QED) is 0.821. The normalized spacial score (nSPS) is 21.9. The predicted molar refractivity (Wildman–Crippen MR) is 82.8 cm³/mol. The van der Waals surface area contributed by atoms with Crippen molar-refractivity contribution in [3.8, 4) is 5.75 Å². The maximum absolute atomic E-state index is 6.29. The number of ether oxygens (including phenoxy) is 1. The van der Waals surface area contributed by atoms with Gasteiger partial charge in [0.05, 0.1) is 0 Å². The van der Waals surface area contributed by atoms with E-state index in [2.05, 4.69) is 35.8 Å². The van der Waals surface area contributed by atoms with Gasteiger partial charge >= 0.3 is 0 Å². The number of thiophene rings is 1. The van der Waals surface area contributed by atoms with E-state index in [1.54, 1.807) is 0 Å². The van der Waals surface area contributed by atoms with E-state index in [9.17, 15) is 0 Å². The number of nitrogens with two attached hydrogens (primary N) is 1. The lowest BCUT2D eigenvalue weighted by molar-refractivity contribution is 0.161. The van der Waals surface area contributed by atoms with Crippen molar-refractivity contribution in [3.63, 3.8) is 0 Å². The van der Waals surface area contributed by atoms with Crippen LogP contribution in [0.2, 0.25) is 0 Å². The van der Waals surface area contributed by atoms with Crippen LogP contribution in [0.3, 0.4) is 0 Å². The molecule has 0 bridgehead atoms. The number of halogens is 1. The molecule has 0 spiro atoms. The summed E-state index contributed by atoms with van der Waals surface area (Å²) in [6.07, 6.45) is 0.910. The van der Waals surface area contributed by atoms with Crippen molar-refractivity contribution in [2.24, 2.45) is 5.73 Å². The van der Waals surface area contributed by atoms with Crippen molar-refractivity contribution >= 4 is 27.3 Å². The molecule has 0 amide bonds. The Morgan fingerprint density at radius 1 is 1.26 bits per heavy atom. The summed E-state index contributed by atoms with van der Waals surface area (Å²) < 4.78 is 7.19. The molecule has 2 unspecified atom stereocenters. The average molecular weight is 338 g/mol. The Kier molecular flexibility index (Phi) is 3.41. The van der Waals surface area contributed by atoms with Gasteiger partial charge in [0.1, 0.15) is 11.9 Å². The summed E-state index contributed by atoms with van der Waals surface area (Å²) in [5.74, 6) is 0.904. The second-order valence-corrected chi connectivity index (χ2v) is 7.38. The fraction of sp³-hybridized carbons (Fsp3) is 0.333. The van der Waals surface area contributed by atoms with Crippen LogP contribution in [-0.4, -0.2) is 0 Å². The van der Waals surface area contributed by atoms with Gasteiger partial charge in [-0.15, -0.1) is 11.3 Å². The lowest BCUT2D eigenvalue weighted by atomic mass is 9.94. The Labute approximate surface area is 125 Å². The Hall–Kier alpha value is -0.840. The highest BCUT2D eigenvalue weighted by atomic mass is 79.9. The largest absolute Gasteiger partial charge is 0.485 e. The summed E-state index contributed by atoms with van der Waals surface area (Å²) in [6, 6.07) is 8.34. The van der Waals surface area contributed by atoms with Crippen molar-refractivity contribution in [3.05, 3.63) is 49.6 Å². The third-order valence-electron chi connectivity index (χ3n) is 3.54. The minimum atomic E-state index is 0.0430. The molecule has 1 aliphatic rings. The average Bonchev–Trinajstić information content (AvgIpc) is 2.67. The lowest BCUT2D eigenvalue weighted by Gasteiger charge is -2.30. The third-order valence-corrected chi connectivity index (χ3v) is 5.01. The van der Waals surface area contributed by atoms with Gasteiger partial charge in [-0.2, -0.15) is 0 Å². The Morgan fingerprint density at radius 2 is 2.05 bits per heavy atom. The standard InChI is InChI=1S/C15H16BrNOS/c1-8-5-12(9(2)19-8)15-7-13(17)11-4-3-10(16)6-14(11)18-15/h3-6,13,15H,7,17H2,1-2H3. The van der Waals surface area contributed by atoms with E-state index in [1.807, 2.05) is 29.5 Å². The highest BCUT2D eigenvalue weighted by Gasteiger charge is 2.28. The lowest BCUT2D eigenvalue weighted by Crippen LogP contribution is -2.24. The van der Waals surface area contributed by atoms with E-state index in [0.717, 1.165) is 22.2 Å². The van der Waals surface area contributed by atoms with Crippen LogP contribution in [-0.2, 0) is 0 Å². The zero-order valence-electron chi connectivity index (χ0n) is 10.9. The minimum absolute atomic E-state index is 0.0430. The SMILES string of the molecule is Cc1cc(C2CC(N)c3ccc(Br)cc3O2)c(C)s1. The Bertz CT molecular complexity index is 623. The number of fused-ring (bicyclic) bond motifs is 1. The van der Waals surface area contributed by atoms with E-state index >= 15 is 0 Å². The second kappa shape index (κ2) is 4.93. The highest BCUT2D eigenvalue weighted by molar-refractivity contribution is 9.10. The van der Waals surface area contributed by atoms with Gasteiger partial charge in [0.2, 0.25) is 0 Å². The smallest absolute Gasteiger partial charge is 0.127 e. The summed E-state index contributed by atoms with van der Waals surface area (Å²) in [7, 11) is 0. The van der Waals surface area contributed by atoms with E-state index < -0.39 is 0 Å². The Balaban J connectivity index is 1.98. The monoisotopic (exact) mass is 337 g/mol. The Morgan fingerprint density at radius 3 is 2.74 bits per heavy atom. The van der Waals surface area contributed by atoms with E-state index in [4.69, 9.17) is 10.5 Å². The van der Waals surface area contributed by atoms with Crippen LogP contribution < -0.4 is 10.5 Å². The first-order valence-corrected chi connectivity index (χ1v) is 7.94. The van der Waals surface area contributed by atoms with Crippen molar-refractivity contribution in [2.75, 3.05) is 0 Å². The molecule has 0 saturated heterocycles. The molecule has 2 nitrogen and oxygen atoms in total. The van der Waals surface area contributed by atoms with Crippen molar-refractivity contribution < 1.29 is 4.74 Å². The fourth-order valence-corrected chi connectivity index (χ4v) is 3.95. The summed E-state index contributed by atoms with van der Waals surface area (Å²) in [6.45, 7) is 4.28. The zero-order valence-corrected chi connectivity index (χ0v) is 13.3. The zero-order chi connectivity index (χ0) is 13.6. The minimum Gasteiger partial charge on any atom is -0.485 e. The van der Waals surface area contributed by atoms with E-state index in [0.29, 0.717) is 0 Å². The van der Waals surface area contributed by atoms with Gasteiger partial charge in [0, 0.05) is 37.8 Å². The highest BCUT2D eigenvalue weighted by Crippen LogP contribution is 2.42. The van der Waals surface area contributed by atoms with Gasteiger partial charge in [-0.1, -0.05) is 22.0 Å². The van der Waals surface area contributed by atoms with Crippen LogP contribution >= 0.6 is 27.3 Å². The molecule has 2 aromatic rings. The first-order valence-electron chi connectivity index (χ1n) is 6.33. The second-order valence-electron chi connectivity index (χ2n) is 5.00. The molecular formula is C15H16BrNOS. The van der Waals surface area contributed by atoms with Gasteiger partial charge in [0.15, 0.2) is 0 Å². The molecule has 0 aliphatic carbocycles. The molecule has 0 radical (unpaired) electrons. The topological polar surface area (TPSA) is 35.2 Å². The molecule has 0 saturated carbocycles. The van der Waals surface area contributed by atoms with Crippen LogP contribution in [0.25, 0.3) is 0 Å². The summed E-state index contributed by atoms with van der Waals surface area (Å²) in [5.41, 5.74) is 8.67. The number of benzene rings is 1. The van der Waals surface area contributed by atoms with Crippen molar-refractivity contribution in [1.82, 2.24) is 0 Å². The summed E-state index contributed by atoms with van der Waals surface area (Å²) in [5, 5.41) is 0. The van der Waals surface area contributed by atoms with Crippen LogP contribution in [0.1, 0.15) is 39.4 Å². The third kappa shape index (κ3) is 2.45. The predicted octanol–water partition coefficient (Wildman–Crippen LogP) is 4.65. The number of aryl methyl sites for hydroxylation is 2. The number of rotatable bonds is 1. The van der Waals surface area contributed by atoms with Crippen LogP contribution in [0.4, 0.5) is 0 Å². The van der Waals surface area contributed by atoms with Gasteiger partial charge < -0.3 is 10.5 Å². The molecule has 4 heteroatoms. The van der Waals surface area contributed by atoms with Crippen molar-refractivity contribution in [1.29, 1.82) is 0 Å². The molecule has 3 rings (SSSR count). The first-order chi connectivity index (χ1) is 9.04. The summed E-state index contributed by atoms with van der Waals surface area (Å²) in [4.78, 5) is 2.65. The molecule has 2 atom stereocenters. The van der Waals surface area contributed by atoms with Gasteiger partial charge in [-0.25, -0.2) is 0 Å².